The highest BCUT2D eigenvalue weighted by molar-refractivity contribution is 8.13. The Labute approximate surface area is 185 Å². The van der Waals surface area contributed by atoms with E-state index < -0.39 is 0 Å². The van der Waals surface area contributed by atoms with Crippen LogP contribution in [0.25, 0.3) is 0 Å². The predicted molar refractivity (Wildman–Crippen MR) is 123 cm³/mol. The molecule has 0 spiro atoms. The second-order valence-electron chi connectivity index (χ2n) is 6.47. The number of nitriles is 1. The van der Waals surface area contributed by atoms with Gasteiger partial charge >= 0.3 is 0 Å². The van der Waals surface area contributed by atoms with Crippen LogP contribution in [0, 0.1) is 11.3 Å². The number of rotatable bonds is 6. The lowest BCUT2D eigenvalue weighted by Crippen LogP contribution is -2.14. The highest BCUT2D eigenvalue weighted by Gasteiger charge is 2.16. The molecule has 0 radical (unpaired) electrons. The number of nitrogens with two attached hydrogens (primary N) is 1. The quantitative estimate of drug-likeness (QED) is 0.451. The van der Waals surface area contributed by atoms with E-state index in [4.69, 9.17) is 15.7 Å². The SMILES string of the molecule is COc1ccc(C(N=C(N)SC)c2cccc(NC(=O)c3ccc(C#N)cn3)c2)cc1. The van der Waals surface area contributed by atoms with E-state index in [9.17, 15) is 4.79 Å². The summed E-state index contributed by atoms with van der Waals surface area (Å²) in [5.74, 6) is 0.384. The van der Waals surface area contributed by atoms with Crippen LogP contribution in [0.4, 0.5) is 5.69 Å². The van der Waals surface area contributed by atoms with Crippen molar-refractivity contribution in [2.24, 2.45) is 10.7 Å². The highest BCUT2D eigenvalue weighted by atomic mass is 32.2. The Hall–Kier alpha value is -3.83. The van der Waals surface area contributed by atoms with Crippen molar-refractivity contribution in [2.45, 2.75) is 6.04 Å². The summed E-state index contributed by atoms with van der Waals surface area (Å²) in [7, 11) is 1.62. The van der Waals surface area contributed by atoms with Crippen LogP contribution in [-0.4, -0.2) is 29.4 Å². The first-order valence-electron chi connectivity index (χ1n) is 9.32. The molecule has 3 rings (SSSR count). The number of carbonyl (C=O) groups is 1. The molecule has 0 aliphatic rings. The van der Waals surface area contributed by atoms with Crippen molar-refractivity contribution in [3.8, 4) is 11.8 Å². The van der Waals surface area contributed by atoms with Crippen molar-refractivity contribution in [1.82, 2.24) is 4.98 Å². The maximum atomic E-state index is 12.5. The summed E-state index contributed by atoms with van der Waals surface area (Å²) < 4.78 is 5.24. The van der Waals surface area contributed by atoms with Gasteiger partial charge in [0, 0.05) is 11.9 Å². The zero-order chi connectivity index (χ0) is 22.2. The highest BCUT2D eigenvalue weighted by Crippen LogP contribution is 2.30. The third-order valence-corrected chi connectivity index (χ3v) is 5.01. The zero-order valence-corrected chi connectivity index (χ0v) is 17.9. The predicted octanol–water partition coefficient (Wildman–Crippen LogP) is 3.98. The summed E-state index contributed by atoms with van der Waals surface area (Å²) in [6, 6.07) is 19.7. The van der Waals surface area contributed by atoms with E-state index in [0.717, 1.165) is 16.9 Å². The first-order chi connectivity index (χ1) is 15.0. The molecule has 3 N–H and O–H groups in total. The fourth-order valence-electron chi connectivity index (χ4n) is 2.88. The van der Waals surface area contributed by atoms with E-state index in [1.165, 1.54) is 24.0 Å². The van der Waals surface area contributed by atoms with Crippen molar-refractivity contribution < 1.29 is 9.53 Å². The van der Waals surface area contributed by atoms with E-state index >= 15 is 0 Å². The summed E-state index contributed by atoms with van der Waals surface area (Å²) in [5.41, 5.74) is 9.04. The van der Waals surface area contributed by atoms with Crippen molar-refractivity contribution in [2.75, 3.05) is 18.7 Å². The van der Waals surface area contributed by atoms with Crippen molar-refractivity contribution in [1.29, 1.82) is 5.26 Å². The van der Waals surface area contributed by atoms with Gasteiger partial charge in [0.25, 0.3) is 5.91 Å². The number of anilines is 1. The Morgan fingerprint density at radius 1 is 1.19 bits per heavy atom. The van der Waals surface area contributed by atoms with Crippen LogP contribution >= 0.6 is 11.8 Å². The van der Waals surface area contributed by atoms with Crippen LogP contribution in [0.3, 0.4) is 0 Å². The van der Waals surface area contributed by atoms with Gasteiger partial charge in [-0.3, -0.25) is 4.79 Å². The van der Waals surface area contributed by atoms with Crippen LogP contribution in [0.5, 0.6) is 5.75 Å². The van der Waals surface area contributed by atoms with Gasteiger partial charge in [0.1, 0.15) is 23.6 Å². The number of hydrogen-bond acceptors (Lipinski definition) is 6. The number of pyridine rings is 1. The number of benzene rings is 2. The van der Waals surface area contributed by atoms with Gasteiger partial charge in [-0.2, -0.15) is 5.26 Å². The summed E-state index contributed by atoms with van der Waals surface area (Å²) in [6.07, 6.45) is 3.23. The van der Waals surface area contributed by atoms with E-state index in [1.54, 1.807) is 19.2 Å². The summed E-state index contributed by atoms with van der Waals surface area (Å²) >= 11 is 1.37. The molecular formula is C23H21N5O2S. The maximum absolute atomic E-state index is 12.5. The number of hydrogen-bond donors (Lipinski definition) is 2. The standard InChI is InChI=1S/C23H21N5O2S/c1-30-19-9-7-16(8-10-19)21(28-23(25)31-2)17-4-3-5-18(12-17)27-22(29)20-11-6-15(13-24)14-26-20/h3-12,14,21H,1-2H3,(H2,25,28)(H,27,29). The number of carbonyl (C=O) groups excluding carboxylic acids is 1. The van der Waals surface area contributed by atoms with Crippen LogP contribution in [-0.2, 0) is 0 Å². The van der Waals surface area contributed by atoms with E-state index in [0.29, 0.717) is 16.4 Å². The lowest BCUT2D eigenvalue weighted by atomic mass is 9.98. The lowest BCUT2D eigenvalue weighted by Gasteiger charge is -2.16. The number of methoxy groups -OCH3 is 1. The third-order valence-electron chi connectivity index (χ3n) is 4.48. The average molecular weight is 432 g/mol. The molecule has 31 heavy (non-hydrogen) atoms. The number of aliphatic imine (C=N–C) groups is 1. The van der Waals surface area contributed by atoms with Gasteiger partial charge in [-0.1, -0.05) is 36.0 Å². The Bertz CT molecular complexity index is 1120. The van der Waals surface area contributed by atoms with Gasteiger partial charge in [-0.05, 0) is 53.8 Å². The molecule has 7 nitrogen and oxygen atoms in total. The molecule has 8 heteroatoms. The molecule has 0 fully saturated rings. The molecule has 2 aromatic carbocycles. The van der Waals surface area contributed by atoms with Gasteiger partial charge in [-0.15, -0.1) is 0 Å². The van der Waals surface area contributed by atoms with Gasteiger partial charge in [0.2, 0.25) is 0 Å². The van der Waals surface area contributed by atoms with Gasteiger partial charge < -0.3 is 15.8 Å². The molecule has 1 heterocycles. The first-order valence-corrected chi connectivity index (χ1v) is 10.5. The van der Waals surface area contributed by atoms with Gasteiger partial charge in [-0.25, -0.2) is 9.98 Å². The molecule has 1 atom stereocenters. The Kier molecular flexibility index (Phi) is 7.25. The number of nitrogens with one attached hydrogen (secondary N) is 1. The van der Waals surface area contributed by atoms with Gasteiger partial charge in [0.05, 0.1) is 12.7 Å². The third kappa shape index (κ3) is 5.62. The molecule has 0 aliphatic heterocycles. The number of aromatic nitrogens is 1. The van der Waals surface area contributed by atoms with Crippen molar-refractivity contribution in [3.05, 3.63) is 89.2 Å². The van der Waals surface area contributed by atoms with Crippen LogP contribution in [0.2, 0.25) is 0 Å². The fraction of sp³-hybridized carbons (Fsp3) is 0.130. The molecule has 3 aromatic rings. The molecule has 0 saturated carbocycles. The van der Waals surface area contributed by atoms with Crippen molar-refractivity contribution in [3.63, 3.8) is 0 Å². The second kappa shape index (κ2) is 10.3. The largest absolute Gasteiger partial charge is 0.497 e. The number of amides is 1. The Morgan fingerprint density at radius 2 is 1.97 bits per heavy atom. The molecule has 0 bridgehead atoms. The minimum atomic E-state index is -0.366. The molecule has 0 saturated heterocycles. The second-order valence-corrected chi connectivity index (χ2v) is 7.30. The summed E-state index contributed by atoms with van der Waals surface area (Å²) in [6.45, 7) is 0. The monoisotopic (exact) mass is 431 g/mol. The van der Waals surface area contributed by atoms with Gasteiger partial charge in [0.15, 0.2) is 5.17 Å². The lowest BCUT2D eigenvalue weighted by molar-refractivity contribution is 0.102. The first kappa shape index (κ1) is 21.9. The maximum Gasteiger partial charge on any atom is 0.274 e. The van der Waals surface area contributed by atoms with E-state index in [-0.39, 0.29) is 17.6 Å². The fourth-order valence-corrected chi connectivity index (χ4v) is 3.09. The van der Waals surface area contributed by atoms with Crippen molar-refractivity contribution >= 4 is 28.5 Å². The molecule has 0 aliphatic carbocycles. The normalized spacial score (nSPS) is 12.0. The summed E-state index contributed by atoms with van der Waals surface area (Å²) in [4.78, 5) is 21.2. The molecule has 1 amide bonds. The van der Waals surface area contributed by atoms with Crippen LogP contribution < -0.4 is 15.8 Å². The average Bonchev–Trinajstić information content (AvgIpc) is 2.82. The van der Waals surface area contributed by atoms with Crippen LogP contribution in [0.1, 0.15) is 33.2 Å². The summed E-state index contributed by atoms with van der Waals surface area (Å²) in [5, 5.41) is 12.2. The smallest absolute Gasteiger partial charge is 0.274 e. The van der Waals surface area contributed by atoms with Crippen LogP contribution in [0.15, 0.2) is 71.9 Å². The molecular weight excluding hydrogens is 410 g/mol. The molecule has 1 aromatic heterocycles. The van der Waals surface area contributed by atoms with E-state index in [1.807, 2.05) is 54.8 Å². The number of nitrogens with zero attached hydrogens (tertiary/aromatic N) is 3. The number of amidine groups is 1. The molecule has 156 valence electrons. The Morgan fingerprint density at radius 3 is 2.58 bits per heavy atom. The number of thioether (sulfide) groups is 1. The van der Waals surface area contributed by atoms with E-state index in [2.05, 4.69) is 15.3 Å². The molecule has 1 unspecified atom stereocenters. The Balaban J connectivity index is 1.89. The minimum Gasteiger partial charge on any atom is -0.497 e. The number of ether oxygens (including phenoxy) is 1. The zero-order valence-electron chi connectivity index (χ0n) is 17.1. The topological polar surface area (TPSA) is 113 Å². The minimum absolute atomic E-state index is 0.223.